The highest BCUT2D eigenvalue weighted by Crippen LogP contribution is 2.35. The maximum atomic E-state index is 13.1. The molecular weight excluding hydrogens is 261 g/mol. The molecule has 2 aromatic rings. The fourth-order valence-corrected chi connectivity index (χ4v) is 2.79. The third-order valence-corrected chi connectivity index (χ3v) is 3.78. The van der Waals surface area contributed by atoms with Gasteiger partial charge in [-0.15, -0.1) is 5.10 Å². The highest BCUT2D eigenvalue weighted by atomic mass is 19.1. The quantitative estimate of drug-likeness (QED) is 0.865. The zero-order valence-corrected chi connectivity index (χ0v) is 11.2. The van der Waals surface area contributed by atoms with Crippen LogP contribution in [0.15, 0.2) is 18.2 Å². The van der Waals surface area contributed by atoms with E-state index in [1.54, 1.807) is 17.9 Å². The summed E-state index contributed by atoms with van der Waals surface area (Å²) in [5.74, 6) is 0.178. The van der Waals surface area contributed by atoms with Crippen LogP contribution < -0.4 is 5.73 Å². The van der Waals surface area contributed by atoms with Crippen molar-refractivity contribution in [3.63, 3.8) is 0 Å². The van der Waals surface area contributed by atoms with Crippen LogP contribution in [-0.4, -0.2) is 33.4 Å². The molecule has 0 spiro atoms. The summed E-state index contributed by atoms with van der Waals surface area (Å²) in [6, 6.07) is 4.32. The van der Waals surface area contributed by atoms with Gasteiger partial charge in [0.05, 0.1) is 12.1 Å². The molecule has 0 bridgehead atoms. The van der Waals surface area contributed by atoms with Crippen molar-refractivity contribution in [2.24, 2.45) is 0 Å². The predicted molar refractivity (Wildman–Crippen MR) is 71.3 cm³/mol. The molecule has 2 unspecified atom stereocenters. The number of nitrogens with zero attached hydrogens (tertiary/aromatic N) is 4. The molecule has 7 heteroatoms. The van der Waals surface area contributed by atoms with E-state index < -0.39 is 0 Å². The normalized spacial score (nSPS) is 22.3. The Balaban J connectivity index is 2.01. The number of rotatable bonds is 3. The molecule has 3 rings (SSSR count). The lowest BCUT2D eigenvalue weighted by Gasteiger charge is -2.19. The minimum atomic E-state index is -0.374. The largest absolute Gasteiger partial charge is 0.398 e. The van der Waals surface area contributed by atoms with Gasteiger partial charge in [-0.1, -0.05) is 0 Å². The Morgan fingerprint density at radius 3 is 3.00 bits per heavy atom. The van der Waals surface area contributed by atoms with Gasteiger partial charge in [0.15, 0.2) is 5.82 Å². The molecule has 2 atom stereocenters. The average molecular weight is 277 g/mol. The van der Waals surface area contributed by atoms with Gasteiger partial charge in [0, 0.05) is 18.4 Å². The molecule has 1 aliphatic rings. The molecule has 1 aliphatic carbocycles. The Kier molecular flexibility index (Phi) is 3.35. The maximum absolute atomic E-state index is 13.1. The third kappa shape index (κ3) is 2.14. The average Bonchev–Trinajstić information content (AvgIpc) is 3.06. The van der Waals surface area contributed by atoms with E-state index in [1.807, 2.05) is 0 Å². The maximum Gasteiger partial charge on any atom is 0.184 e. The SMILES string of the molecule is COC1CCCC1n1nnnc1-c1ccc(F)cc1N. The van der Waals surface area contributed by atoms with E-state index in [9.17, 15) is 4.39 Å². The second-order valence-corrected chi connectivity index (χ2v) is 4.95. The molecule has 1 aromatic carbocycles. The number of benzene rings is 1. The smallest absolute Gasteiger partial charge is 0.184 e. The van der Waals surface area contributed by atoms with Gasteiger partial charge < -0.3 is 10.5 Å². The van der Waals surface area contributed by atoms with Crippen LogP contribution in [0.1, 0.15) is 25.3 Å². The number of aromatic nitrogens is 4. The number of tetrazole rings is 1. The summed E-state index contributed by atoms with van der Waals surface area (Å²) in [5, 5.41) is 11.8. The standard InChI is InChI=1S/C13H16FN5O/c1-20-12-4-2-3-11(12)19-13(16-17-18-19)9-6-5-8(14)7-10(9)15/h5-7,11-12H,2-4,15H2,1H3. The van der Waals surface area contributed by atoms with Crippen molar-refractivity contribution in [3.05, 3.63) is 24.0 Å². The highest BCUT2D eigenvalue weighted by molar-refractivity contribution is 5.71. The van der Waals surface area contributed by atoms with Crippen LogP contribution in [-0.2, 0) is 4.74 Å². The van der Waals surface area contributed by atoms with Crippen molar-refractivity contribution >= 4 is 5.69 Å². The molecule has 1 fully saturated rings. The number of hydrogen-bond donors (Lipinski definition) is 1. The fourth-order valence-electron chi connectivity index (χ4n) is 2.79. The Hall–Kier alpha value is -2.02. The first-order valence-corrected chi connectivity index (χ1v) is 6.56. The molecule has 6 nitrogen and oxygen atoms in total. The Morgan fingerprint density at radius 1 is 1.40 bits per heavy atom. The molecule has 0 amide bonds. The summed E-state index contributed by atoms with van der Waals surface area (Å²) in [5.41, 5.74) is 6.83. The van der Waals surface area contributed by atoms with E-state index in [2.05, 4.69) is 15.5 Å². The number of halogens is 1. The van der Waals surface area contributed by atoms with E-state index in [1.165, 1.54) is 12.1 Å². The summed E-state index contributed by atoms with van der Waals surface area (Å²) in [4.78, 5) is 0. The summed E-state index contributed by atoms with van der Waals surface area (Å²) >= 11 is 0. The van der Waals surface area contributed by atoms with Gasteiger partial charge in [-0.2, -0.15) is 0 Å². The van der Waals surface area contributed by atoms with Gasteiger partial charge in [0.25, 0.3) is 0 Å². The second kappa shape index (κ2) is 5.16. The van der Waals surface area contributed by atoms with Crippen LogP contribution >= 0.6 is 0 Å². The zero-order chi connectivity index (χ0) is 14.1. The fraction of sp³-hybridized carbons (Fsp3) is 0.462. The number of nitrogens with two attached hydrogens (primary N) is 1. The summed E-state index contributed by atoms with van der Waals surface area (Å²) in [6.07, 6.45) is 3.11. The highest BCUT2D eigenvalue weighted by Gasteiger charge is 2.32. The predicted octanol–water partition coefficient (Wildman–Crippen LogP) is 1.80. The van der Waals surface area contributed by atoms with Crippen LogP contribution in [0.5, 0.6) is 0 Å². The van der Waals surface area contributed by atoms with Crippen molar-refractivity contribution in [2.45, 2.75) is 31.4 Å². The first kappa shape index (κ1) is 13.0. The van der Waals surface area contributed by atoms with Crippen LogP contribution in [0, 0.1) is 5.82 Å². The minimum absolute atomic E-state index is 0.0921. The van der Waals surface area contributed by atoms with E-state index in [4.69, 9.17) is 10.5 Å². The van der Waals surface area contributed by atoms with E-state index in [-0.39, 0.29) is 18.0 Å². The number of hydrogen-bond acceptors (Lipinski definition) is 5. The number of methoxy groups -OCH3 is 1. The molecule has 2 N–H and O–H groups in total. The Morgan fingerprint density at radius 2 is 2.25 bits per heavy atom. The molecule has 0 aliphatic heterocycles. The monoisotopic (exact) mass is 277 g/mol. The molecule has 0 saturated heterocycles. The van der Waals surface area contributed by atoms with Gasteiger partial charge in [0.1, 0.15) is 5.82 Å². The first-order valence-electron chi connectivity index (χ1n) is 6.56. The van der Waals surface area contributed by atoms with Crippen LogP contribution in [0.3, 0.4) is 0 Å². The summed E-state index contributed by atoms with van der Waals surface area (Å²) in [7, 11) is 1.69. The Labute approximate surface area is 115 Å². The van der Waals surface area contributed by atoms with Crippen molar-refractivity contribution < 1.29 is 9.13 Å². The van der Waals surface area contributed by atoms with Crippen LogP contribution in [0.2, 0.25) is 0 Å². The molecule has 1 heterocycles. The van der Waals surface area contributed by atoms with Crippen molar-refractivity contribution in [2.75, 3.05) is 12.8 Å². The van der Waals surface area contributed by atoms with Gasteiger partial charge in [-0.25, -0.2) is 9.07 Å². The molecule has 1 aromatic heterocycles. The van der Waals surface area contributed by atoms with Crippen molar-refractivity contribution in [1.29, 1.82) is 0 Å². The van der Waals surface area contributed by atoms with E-state index >= 15 is 0 Å². The zero-order valence-electron chi connectivity index (χ0n) is 11.2. The summed E-state index contributed by atoms with van der Waals surface area (Å²) in [6.45, 7) is 0. The Bertz CT molecular complexity index is 615. The van der Waals surface area contributed by atoms with E-state index in [0.29, 0.717) is 17.1 Å². The third-order valence-electron chi connectivity index (χ3n) is 3.78. The number of nitrogen functional groups attached to an aromatic ring is 1. The topological polar surface area (TPSA) is 78.8 Å². The second-order valence-electron chi connectivity index (χ2n) is 4.95. The molecule has 106 valence electrons. The lowest BCUT2D eigenvalue weighted by molar-refractivity contribution is 0.0708. The van der Waals surface area contributed by atoms with Gasteiger partial charge in [-0.3, -0.25) is 0 Å². The lowest BCUT2D eigenvalue weighted by atomic mass is 10.1. The van der Waals surface area contributed by atoms with Gasteiger partial charge >= 0.3 is 0 Å². The lowest BCUT2D eigenvalue weighted by Crippen LogP contribution is -2.22. The van der Waals surface area contributed by atoms with Crippen molar-refractivity contribution in [3.8, 4) is 11.4 Å². The van der Waals surface area contributed by atoms with Crippen LogP contribution in [0.25, 0.3) is 11.4 Å². The van der Waals surface area contributed by atoms with Gasteiger partial charge in [0.2, 0.25) is 0 Å². The molecule has 1 saturated carbocycles. The summed E-state index contributed by atoms with van der Waals surface area (Å²) < 4.78 is 20.4. The molecule has 20 heavy (non-hydrogen) atoms. The number of anilines is 1. The minimum Gasteiger partial charge on any atom is -0.398 e. The molecule has 0 radical (unpaired) electrons. The van der Waals surface area contributed by atoms with Crippen molar-refractivity contribution in [1.82, 2.24) is 20.2 Å². The number of ether oxygens (including phenoxy) is 1. The first-order chi connectivity index (χ1) is 9.70. The van der Waals surface area contributed by atoms with Gasteiger partial charge in [-0.05, 0) is 47.9 Å². The van der Waals surface area contributed by atoms with Crippen LogP contribution in [0.4, 0.5) is 10.1 Å². The molecular formula is C13H16FN5O. The van der Waals surface area contributed by atoms with E-state index in [0.717, 1.165) is 19.3 Å².